The largest absolute Gasteiger partial charge is 0.382 e. The number of carbonyl (C=O) groups excluding carboxylic acids is 1. The molecule has 1 N–H and O–H groups in total. The minimum absolute atomic E-state index is 0.341. The number of nitrogens with zero attached hydrogens (tertiary/aromatic N) is 1. The van der Waals surface area contributed by atoms with Gasteiger partial charge in [0.1, 0.15) is 0 Å². The fourth-order valence-electron chi connectivity index (χ4n) is 3.41. The number of rotatable bonds is 6. The van der Waals surface area contributed by atoms with Crippen LogP contribution in [0.1, 0.15) is 45.4 Å². The minimum Gasteiger partial charge on any atom is -0.382 e. The number of amides is 1. The Morgan fingerprint density at radius 1 is 1.37 bits per heavy atom. The maximum absolute atomic E-state index is 12.3. The average molecular weight is 268 g/mol. The molecular weight excluding hydrogens is 240 g/mol. The van der Waals surface area contributed by atoms with Gasteiger partial charge in [0.05, 0.1) is 0 Å². The number of ether oxygens (including phenoxy) is 1. The maximum Gasteiger partial charge on any atom is 0.222 e. The normalized spacial score (nSPS) is 27.7. The van der Waals surface area contributed by atoms with Crippen molar-refractivity contribution in [1.82, 2.24) is 10.2 Å². The molecule has 4 heteroatoms. The SMILES string of the molecule is CCOCCCC(=O)N1CCCC1C1CCCNC1. The van der Waals surface area contributed by atoms with E-state index >= 15 is 0 Å². The summed E-state index contributed by atoms with van der Waals surface area (Å²) in [6.45, 7) is 6.65. The van der Waals surface area contributed by atoms with E-state index in [0.717, 1.165) is 32.7 Å². The Bertz CT molecular complexity index is 277. The standard InChI is InChI=1S/C15H28N2O2/c1-2-19-11-5-8-15(18)17-10-4-7-14(17)13-6-3-9-16-12-13/h13-14,16H,2-12H2,1H3. The first-order chi connectivity index (χ1) is 9.33. The van der Waals surface area contributed by atoms with Crippen LogP contribution in [0.25, 0.3) is 0 Å². The quantitative estimate of drug-likeness (QED) is 0.747. The third-order valence-electron chi connectivity index (χ3n) is 4.38. The first-order valence-corrected chi connectivity index (χ1v) is 7.91. The molecule has 19 heavy (non-hydrogen) atoms. The van der Waals surface area contributed by atoms with Crippen molar-refractivity contribution in [2.45, 2.75) is 51.5 Å². The van der Waals surface area contributed by atoms with E-state index in [1.54, 1.807) is 0 Å². The molecule has 2 atom stereocenters. The molecule has 1 amide bonds. The molecule has 0 bridgehead atoms. The molecule has 0 aromatic heterocycles. The Labute approximate surface area is 116 Å². The van der Waals surface area contributed by atoms with Crippen LogP contribution in [0, 0.1) is 5.92 Å². The van der Waals surface area contributed by atoms with E-state index in [1.165, 1.54) is 25.7 Å². The molecule has 0 aromatic carbocycles. The van der Waals surface area contributed by atoms with Gasteiger partial charge in [-0.2, -0.15) is 0 Å². The summed E-state index contributed by atoms with van der Waals surface area (Å²) in [4.78, 5) is 14.5. The predicted molar refractivity (Wildman–Crippen MR) is 76.1 cm³/mol. The van der Waals surface area contributed by atoms with Crippen LogP contribution in [0.2, 0.25) is 0 Å². The molecule has 0 aliphatic carbocycles. The Hall–Kier alpha value is -0.610. The number of hydrogen-bond donors (Lipinski definition) is 1. The predicted octanol–water partition coefficient (Wildman–Crippen LogP) is 1.79. The van der Waals surface area contributed by atoms with Crippen LogP contribution in [0.4, 0.5) is 0 Å². The number of likely N-dealkylation sites (tertiary alicyclic amines) is 1. The molecular formula is C15H28N2O2. The highest BCUT2D eigenvalue weighted by atomic mass is 16.5. The third kappa shape index (κ3) is 4.18. The highest BCUT2D eigenvalue weighted by Gasteiger charge is 2.34. The van der Waals surface area contributed by atoms with Gasteiger partial charge in [0.25, 0.3) is 0 Å². The fraction of sp³-hybridized carbons (Fsp3) is 0.933. The van der Waals surface area contributed by atoms with E-state index in [9.17, 15) is 4.79 Å². The summed E-state index contributed by atoms with van der Waals surface area (Å²) in [5.41, 5.74) is 0. The zero-order valence-corrected chi connectivity index (χ0v) is 12.2. The lowest BCUT2D eigenvalue weighted by molar-refractivity contribution is -0.133. The second kappa shape index (κ2) is 7.85. The number of carbonyl (C=O) groups is 1. The minimum atomic E-state index is 0.341. The lowest BCUT2D eigenvalue weighted by atomic mass is 9.90. The maximum atomic E-state index is 12.3. The van der Waals surface area contributed by atoms with E-state index in [4.69, 9.17) is 4.74 Å². The van der Waals surface area contributed by atoms with Gasteiger partial charge in [-0.15, -0.1) is 0 Å². The summed E-state index contributed by atoms with van der Waals surface area (Å²) >= 11 is 0. The molecule has 0 spiro atoms. The average Bonchev–Trinajstić information content (AvgIpc) is 2.94. The van der Waals surface area contributed by atoms with E-state index in [2.05, 4.69) is 10.2 Å². The summed E-state index contributed by atoms with van der Waals surface area (Å²) in [5, 5.41) is 3.47. The fourth-order valence-corrected chi connectivity index (χ4v) is 3.41. The molecule has 2 fully saturated rings. The van der Waals surface area contributed by atoms with Crippen LogP contribution in [0.5, 0.6) is 0 Å². The van der Waals surface area contributed by atoms with E-state index in [0.29, 0.717) is 30.9 Å². The summed E-state index contributed by atoms with van der Waals surface area (Å²) in [7, 11) is 0. The highest BCUT2D eigenvalue weighted by Crippen LogP contribution is 2.28. The molecule has 2 heterocycles. The number of hydrogen-bond acceptors (Lipinski definition) is 3. The molecule has 2 saturated heterocycles. The lowest BCUT2D eigenvalue weighted by Gasteiger charge is -2.34. The van der Waals surface area contributed by atoms with Gasteiger partial charge in [0.2, 0.25) is 5.91 Å². The molecule has 2 rings (SSSR count). The summed E-state index contributed by atoms with van der Waals surface area (Å²) in [5.74, 6) is 1.01. The Morgan fingerprint density at radius 3 is 3.00 bits per heavy atom. The van der Waals surface area contributed by atoms with Gasteiger partial charge in [-0.25, -0.2) is 0 Å². The van der Waals surface area contributed by atoms with Crippen molar-refractivity contribution in [3.05, 3.63) is 0 Å². The summed E-state index contributed by atoms with van der Waals surface area (Å²) < 4.78 is 5.31. The zero-order valence-electron chi connectivity index (χ0n) is 12.2. The van der Waals surface area contributed by atoms with Gasteiger partial charge in [0.15, 0.2) is 0 Å². The molecule has 2 aliphatic heterocycles. The van der Waals surface area contributed by atoms with Crippen molar-refractivity contribution < 1.29 is 9.53 Å². The molecule has 0 saturated carbocycles. The Balaban J connectivity index is 1.78. The first kappa shape index (κ1) is 14.8. The van der Waals surface area contributed by atoms with Gasteiger partial charge in [0, 0.05) is 32.2 Å². The molecule has 2 unspecified atom stereocenters. The Kier molecular flexibility index (Phi) is 6.11. The smallest absolute Gasteiger partial charge is 0.222 e. The van der Waals surface area contributed by atoms with Crippen LogP contribution in [0.15, 0.2) is 0 Å². The second-order valence-corrected chi connectivity index (χ2v) is 5.70. The Morgan fingerprint density at radius 2 is 2.26 bits per heavy atom. The summed E-state index contributed by atoms with van der Waals surface area (Å²) in [6.07, 6.45) is 6.42. The van der Waals surface area contributed by atoms with E-state index in [-0.39, 0.29) is 0 Å². The van der Waals surface area contributed by atoms with Crippen LogP contribution in [0.3, 0.4) is 0 Å². The summed E-state index contributed by atoms with van der Waals surface area (Å²) in [6, 6.07) is 0.493. The van der Waals surface area contributed by atoms with Crippen molar-refractivity contribution in [3.8, 4) is 0 Å². The van der Waals surface area contributed by atoms with Gasteiger partial charge >= 0.3 is 0 Å². The van der Waals surface area contributed by atoms with Crippen LogP contribution in [-0.4, -0.2) is 49.7 Å². The van der Waals surface area contributed by atoms with Gasteiger partial charge in [-0.1, -0.05) is 0 Å². The number of nitrogens with one attached hydrogen (secondary N) is 1. The van der Waals surface area contributed by atoms with Crippen molar-refractivity contribution in [2.24, 2.45) is 5.92 Å². The first-order valence-electron chi connectivity index (χ1n) is 7.91. The van der Waals surface area contributed by atoms with Crippen molar-refractivity contribution >= 4 is 5.91 Å². The zero-order chi connectivity index (χ0) is 13.5. The van der Waals surface area contributed by atoms with Crippen molar-refractivity contribution in [3.63, 3.8) is 0 Å². The van der Waals surface area contributed by atoms with Crippen molar-refractivity contribution in [1.29, 1.82) is 0 Å². The van der Waals surface area contributed by atoms with Gasteiger partial charge in [-0.3, -0.25) is 4.79 Å². The van der Waals surface area contributed by atoms with Crippen molar-refractivity contribution in [2.75, 3.05) is 32.8 Å². The topological polar surface area (TPSA) is 41.6 Å². The van der Waals surface area contributed by atoms with Crippen LogP contribution in [-0.2, 0) is 9.53 Å². The van der Waals surface area contributed by atoms with Crippen LogP contribution >= 0.6 is 0 Å². The third-order valence-corrected chi connectivity index (χ3v) is 4.38. The van der Waals surface area contributed by atoms with E-state index in [1.807, 2.05) is 6.92 Å². The second-order valence-electron chi connectivity index (χ2n) is 5.70. The molecule has 0 radical (unpaired) electrons. The van der Waals surface area contributed by atoms with E-state index < -0.39 is 0 Å². The molecule has 4 nitrogen and oxygen atoms in total. The number of piperidine rings is 1. The van der Waals surface area contributed by atoms with Gasteiger partial charge < -0.3 is 15.0 Å². The monoisotopic (exact) mass is 268 g/mol. The molecule has 2 aliphatic rings. The highest BCUT2D eigenvalue weighted by molar-refractivity contribution is 5.76. The lowest BCUT2D eigenvalue weighted by Crippen LogP contribution is -2.45. The van der Waals surface area contributed by atoms with Crippen LogP contribution < -0.4 is 5.32 Å². The molecule has 0 aromatic rings. The molecule has 110 valence electrons. The van der Waals surface area contributed by atoms with Gasteiger partial charge in [-0.05, 0) is 58.0 Å².